The van der Waals surface area contributed by atoms with Gasteiger partial charge in [-0.2, -0.15) is 0 Å². The Kier molecular flexibility index (Phi) is 7.29. The van der Waals surface area contributed by atoms with Gasteiger partial charge in [0.1, 0.15) is 5.75 Å². The van der Waals surface area contributed by atoms with Crippen LogP contribution in [-0.4, -0.2) is 30.6 Å². The Hall–Kier alpha value is -2.04. The summed E-state index contributed by atoms with van der Waals surface area (Å²) in [5.41, 5.74) is 0.667. The van der Waals surface area contributed by atoms with Crippen LogP contribution in [0, 0.1) is 0 Å². The molecule has 0 bridgehead atoms. The Labute approximate surface area is 149 Å². The van der Waals surface area contributed by atoms with Gasteiger partial charge in [-0.3, -0.25) is 9.59 Å². The van der Waals surface area contributed by atoms with Gasteiger partial charge < -0.3 is 15.2 Å². The molecule has 1 aromatic carbocycles. The first-order valence-corrected chi connectivity index (χ1v) is 9.23. The molecule has 138 valence electrons. The van der Waals surface area contributed by atoms with Crippen molar-refractivity contribution >= 4 is 11.9 Å². The van der Waals surface area contributed by atoms with Crippen molar-refractivity contribution in [1.82, 2.24) is 5.32 Å². The van der Waals surface area contributed by atoms with E-state index in [4.69, 9.17) is 9.84 Å². The molecule has 25 heavy (non-hydrogen) atoms. The number of benzene rings is 1. The number of carbonyl (C=O) groups is 2. The summed E-state index contributed by atoms with van der Waals surface area (Å²) in [7, 11) is 1.64. The molecule has 2 N–H and O–H groups in total. The van der Waals surface area contributed by atoms with Gasteiger partial charge in [0.2, 0.25) is 5.91 Å². The highest BCUT2D eigenvalue weighted by Gasteiger charge is 2.42. The molecular weight excluding hydrogens is 318 g/mol. The van der Waals surface area contributed by atoms with E-state index in [1.807, 2.05) is 24.3 Å². The molecule has 1 saturated carbocycles. The monoisotopic (exact) mass is 347 g/mol. The Bertz CT molecular complexity index is 562. The molecular formula is C20H29NO4. The largest absolute Gasteiger partial charge is 0.497 e. The number of methoxy groups -OCH3 is 1. The van der Waals surface area contributed by atoms with Gasteiger partial charge in [-0.15, -0.1) is 0 Å². The zero-order chi connectivity index (χ0) is 18.1. The van der Waals surface area contributed by atoms with Crippen LogP contribution < -0.4 is 10.1 Å². The molecule has 0 saturated heterocycles. The Morgan fingerprint density at radius 2 is 1.72 bits per heavy atom. The molecule has 2 rings (SSSR count). The molecule has 0 unspecified atom stereocenters. The zero-order valence-corrected chi connectivity index (χ0v) is 15.1. The molecule has 1 fully saturated rings. The topological polar surface area (TPSA) is 75.6 Å². The minimum absolute atomic E-state index is 0.126. The fourth-order valence-corrected chi connectivity index (χ4v) is 3.66. The smallest absolute Gasteiger partial charge is 0.303 e. The maximum atomic E-state index is 12.9. The lowest BCUT2D eigenvalue weighted by atomic mass is 9.78. The third-order valence-corrected chi connectivity index (χ3v) is 5.14. The van der Waals surface area contributed by atoms with Crippen LogP contribution in [0.2, 0.25) is 0 Å². The van der Waals surface area contributed by atoms with Gasteiger partial charge in [-0.05, 0) is 43.4 Å². The minimum Gasteiger partial charge on any atom is -0.497 e. The first-order valence-electron chi connectivity index (χ1n) is 9.23. The third-order valence-electron chi connectivity index (χ3n) is 5.14. The summed E-state index contributed by atoms with van der Waals surface area (Å²) >= 11 is 0. The maximum Gasteiger partial charge on any atom is 0.303 e. The molecule has 5 heteroatoms. The summed E-state index contributed by atoms with van der Waals surface area (Å²) in [6.07, 6.45) is 7.61. The van der Waals surface area contributed by atoms with Crippen molar-refractivity contribution in [3.8, 4) is 5.75 Å². The second kappa shape index (κ2) is 9.44. The summed E-state index contributed by atoms with van der Waals surface area (Å²) in [6.45, 7) is 0.657. The van der Waals surface area contributed by atoms with Crippen LogP contribution in [0.5, 0.6) is 5.75 Å². The van der Waals surface area contributed by atoms with Gasteiger partial charge >= 0.3 is 5.97 Å². The van der Waals surface area contributed by atoms with E-state index in [9.17, 15) is 9.59 Å². The summed E-state index contributed by atoms with van der Waals surface area (Å²) in [5, 5.41) is 11.7. The molecule has 0 atom stereocenters. The number of hydrogen-bond acceptors (Lipinski definition) is 3. The number of aliphatic carboxylic acids is 1. The quantitative estimate of drug-likeness (QED) is 0.633. The van der Waals surface area contributed by atoms with E-state index in [0.717, 1.165) is 56.3 Å². The van der Waals surface area contributed by atoms with Crippen LogP contribution in [-0.2, 0) is 15.0 Å². The molecule has 1 aliphatic rings. The zero-order valence-electron chi connectivity index (χ0n) is 15.1. The van der Waals surface area contributed by atoms with Crippen molar-refractivity contribution in [2.75, 3.05) is 13.7 Å². The van der Waals surface area contributed by atoms with E-state index in [2.05, 4.69) is 5.32 Å². The number of nitrogens with one attached hydrogen (secondary N) is 1. The van der Waals surface area contributed by atoms with Crippen molar-refractivity contribution in [1.29, 1.82) is 0 Å². The van der Waals surface area contributed by atoms with Crippen molar-refractivity contribution in [3.05, 3.63) is 29.8 Å². The van der Waals surface area contributed by atoms with Crippen molar-refractivity contribution in [2.45, 2.75) is 63.2 Å². The number of ether oxygens (including phenoxy) is 1. The standard InChI is InChI=1S/C20H29NO4/c1-25-17-11-9-16(10-12-17)20(13-5-6-14-20)19(24)21-15-7-3-2-4-8-18(22)23/h9-12H,2-8,13-15H2,1H3,(H,21,24)(H,22,23). The second-order valence-electron chi connectivity index (χ2n) is 6.83. The first kappa shape index (κ1) is 19.3. The number of carboxylic acids is 1. The van der Waals surface area contributed by atoms with Gasteiger partial charge in [0, 0.05) is 13.0 Å². The molecule has 0 heterocycles. The Morgan fingerprint density at radius 1 is 1.08 bits per heavy atom. The molecule has 5 nitrogen and oxygen atoms in total. The highest BCUT2D eigenvalue weighted by Crippen LogP contribution is 2.41. The van der Waals surface area contributed by atoms with Gasteiger partial charge in [0.05, 0.1) is 12.5 Å². The summed E-state index contributed by atoms with van der Waals surface area (Å²) in [6, 6.07) is 7.86. The van der Waals surface area contributed by atoms with E-state index in [0.29, 0.717) is 13.0 Å². The summed E-state index contributed by atoms with van der Waals surface area (Å²) in [5.74, 6) is 0.190. The Morgan fingerprint density at radius 3 is 2.32 bits per heavy atom. The second-order valence-corrected chi connectivity index (χ2v) is 6.83. The highest BCUT2D eigenvalue weighted by atomic mass is 16.5. The Balaban J connectivity index is 1.84. The number of unbranched alkanes of at least 4 members (excludes halogenated alkanes) is 3. The first-order chi connectivity index (χ1) is 12.1. The number of rotatable bonds is 10. The lowest BCUT2D eigenvalue weighted by Gasteiger charge is -2.28. The van der Waals surface area contributed by atoms with E-state index in [1.165, 1.54) is 0 Å². The molecule has 1 amide bonds. The summed E-state index contributed by atoms with van der Waals surface area (Å²) in [4.78, 5) is 23.4. The lowest BCUT2D eigenvalue weighted by molar-refractivity contribution is -0.137. The predicted molar refractivity (Wildman–Crippen MR) is 96.9 cm³/mol. The van der Waals surface area contributed by atoms with Crippen LogP contribution in [0.1, 0.15) is 63.4 Å². The molecule has 0 aromatic heterocycles. The van der Waals surface area contributed by atoms with Crippen LogP contribution >= 0.6 is 0 Å². The number of amides is 1. The fraction of sp³-hybridized carbons (Fsp3) is 0.600. The van der Waals surface area contributed by atoms with Crippen LogP contribution in [0.4, 0.5) is 0 Å². The number of hydrogen-bond donors (Lipinski definition) is 2. The van der Waals surface area contributed by atoms with Gasteiger partial charge in [-0.1, -0.05) is 37.8 Å². The van der Waals surface area contributed by atoms with Crippen molar-refractivity contribution in [2.24, 2.45) is 0 Å². The average molecular weight is 347 g/mol. The normalized spacial score (nSPS) is 15.7. The van der Waals surface area contributed by atoms with E-state index in [1.54, 1.807) is 7.11 Å². The third kappa shape index (κ3) is 5.21. The minimum atomic E-state index is -0.740. The van der Waals surface area contributed by atoms with Crippen LogP contribution in [0.3, 0.4) is 0 Å². The van der Waals surface area contributed by atoms with Crippen LogP contribution in [0.25, 0.3) is 0 Å². The van der Waals surface area contributed by atoms with Gasteiger partial charge in [0.15, 0.2) is 0 Å². The van der Waals surface area contributed by atoms with Crippen molar-refractivity contribution < 1.29 is 19.4 Å². The number of carboxylic acid groups (broad SMARTS) is 1. The highest BCUT2D eigenvalue weighted by molar-refractivity contribution is 5.88. The average Bonchev–Trinajstić information content (AvgIpc) is 3.11. The molecule has 1 aliphatic carbocycles. The van der Waals surface area contributed by atoms with Crippen molar-refractivity contribution in [3.63, 3.8) is 0 Å². The molecule has 0 aliphatic heterocycles. The van der Waals surface area contributed by atoms with E-state index in [-0.39, 0.29) is 12.3 Å². The predicted octanol–water partition coefficient (Wildman–Crippen LogP) is 3.66. The molecule has 0 spiro atoms. The lowest BCUT2D eigenvalue weighted by Crippen LogP contribution is -2.43. The molecule has 0 radical (unpaired) electrons. The van der Waals surface area contributed by atoms with Gasteiger partial charge in [-0.25, -0.2) is 0 Å². The SMILES string of the molecule is COc1ccc(C2(C(=O)NCCCCCCC(=O)O)CCCC2)cc1. The molecule has 1 aromatic rings. The number of carbonyl (C=O) groups excluding carboxylic acids is 1. The van der Waals surface area contributed by atoms with E-state index >= 15 is 0 Å². The van der Waals surface area contributed by atoms with Crippen LogP contribution in [0.15, 0.2) is 24.3 Å². The summed E-state index contributed by atoms with van der Waals surface area (Å²) < 4.78 is 5.21. The van der Waals surface area contributed by atoms with E-state index < -0.39 is 11.4 Å². The maximum absolute atomic E-state index is 12.9. The van der Waals surface area contributed by atoms with Gasteiger partial charge in [0.25, 0.3) is 0 Å². The fourth-order valence-electron chi connectivity index (χ4n) is 3.66.